The van der Waals surface area contributed by atoms with Crippen LogP contribution in [0, 0.1) is 6.92 Å². The molecular weight excluding hydrogens is 320 g/mol. The number of benzene rings is 1. The van der Waals surface area contributed by atoms with Crippen LogP contribution in [0.5, 0.6) is 0 Å². The molecule has 114 valence electrons. The van der Waals surface area contributed by atoms with Crippen molar-refractivity contribution in [2.75, 3.05) is 6.26 Å². The molecule has 0 bridgehead atoms. The third-order valence-electron chi connectivity index (χ3n) is 2.78. The Kier molecular flexibility index (Phi) is 4.79. The highest BCUT2D eigenvalue weighted by Gasteiger charge is 2.12. The molecule has 0 saturated carbocycles. The van der Waals surface area contributed by atoms with Gasteiger partial charge in [0, 0.05) is 5.56 Å². The standard InChI is InChI=1S/C14H14N4O2S2/c1-9-4-3-5-10(6-9)13-15-11(20-18-13)8-22-14-17-16-12(19-14)7-21-2/h3-6H,7-8H2,1-2H3. The zero-order chi connectivity index (χ0) is 15.4. The summed E-state index contributed by atoms with van der Waals surface area (Å²) in [4.78, 5) is 4.39. The lowest BCUT2D eigenvalue weighted by molar-refractivity contribution is 0.390. The summed E-state index contributed by atoms with van der Waals surface area (Å²) in [5.74, 6) is 2.96. The first-order valence-corrected chi connectivity index (χ1v) is 8.96. The molecule has 2 heterocycles. The zero-order valence-corrected chi connectivity index (χ0v) is 13.8. The second-order valence-electron chi connectivity index (χ2n) is 4.56. The van der Waals surface area contributed by atoms with Gasteiger partial charge in [-0.25, -0.2) is 0 Å². The first kappa shape index (κ1) is 15.1. The van der Waals surface area contributed by atoms with Crippen molar-refractivity contribution >= 4 is 23.5 Å². The predicted molar refractivity (Wildman–Crippen MR) is 85.5 cm³/mol. The van der Waals surface area contributed by atoms with Gasteiger partial charge in [0.2, 0.25) is 17.6 Å². The average Bonchev–Trinajstić information content (AvgIpc) is 3.15. The molecule has 0 unspecified atom stereocenters. The average molecular weight is 334 g/mol. The van der Waals surface area contributed by atoms with E-state index in [2.05, 4.69) is 20.3 Å². The third kappa shape index (κ3) is 3.69. The molecular formula is C14H14N4O2S2. The maximum Gasteiger partial charge on any atom is 0.277 e. The van der Waals surface area contributed by atoms with Gasteiger partial charge in [0.05, 0.1) is 11.5 Å². The lowest BCUT2D eigenvalue weighted by Crippen LogP contribution is -1.84. The molecule has 2 aromatic heterocycles. The molecule has 1 aromatic carbocycles. The van der Waals surface area contributed by atoms with Crippen molar-refractivity contribution in [3.05, 3.63) is 41.6 Å². The molecule has 0 fully saturated rings. The van der Waals surface area contributed by atoms with Crippen LogP contribution in [0.3, 0.4) is 0 Å². The molecule has 0 atom stereocenters. The smallest absolute Gasteiger partial charge is 0.277 e. The highest BCUT2D eigenvalue weighted by atomic mass is 32.2. The van der Waals surface area contributed by atoms with Crippen LogP contribution in [0.25, 0.3) is 11.4 Å². The van der Waals surface area contributed by atoms with E-state index in [9.17, 15) is 0 Å². The highest BCUT2D eigenvalue weighted by Crippen LogP contribution is 2.23. The Bertz CT molecular complexity index is 757. The number of aryl methyl sites for hydroxylation is 1. The van der Waals surface area contributed by atoms with E-state index < -0.39 is 0 Å². The number of thioether (sulfide) groups is 2. The van der Waals surface area contributed by atoms with Gasteiger partial charge >= 0.3 is 0 Å². The van der Waals surface area contributed by atoms with Crippen LogP contribution in [0.1, 0.15) is 17.3 Å². The SMILES string of the molecule is CSCc1nnc(SCc2nc(-c3cccc(C)c3)no2)o1. The summed E-state index contributed by atoms with van der Waals surface area (Å²) < 4.78 is 10.7. The van der Waals surface area contributed by atoms with E-state index in [0.717, 1.165) is 11.1 Å². The summed E-state index contributed by atoms with van der Waals surface area (Å²) in [7, 11) is 0. The minimum atomic E-state index is 0.500. The second-order valence-corrected chi connectivity index (χ2v) is 6.36. The Morgan fingerprint density at radius 3 is 2.86 bits per heavy atom. The van der Waals surface area contributed by atoms with E-state index in [-0.39, 0.29) is 0 Å². The van der Waals surface area contributed by atoms with Gasteiger partial charge in [0.1, 0.15) is 0 Å². The van der Waals surface area contributed by atoms with Crippen molar-refractivity contribution in [3.8, 4) is 11.4 Å². The van der Waals surface area contributed by atoms with Crippen LogP contribution in [0.15, 0.2) is 38.4 Å². The van der Waals surface area contributed by atoms with Crippen molar-refractivity contribution in [2.45, 2.75) is 23.7 Å². The lowest BCUT2D eigenvalue weighted by atomic mass is 10.1. The Morgan fingerprint density at radius 1 is 1.14 bits per heavy atom. The van der Waals surface area contributed by atoms with Gasteiger partial charge < -0.3 is 8.94 Å². The van der Waals surface area contributed by atoms with E-state index in [0.29, 0.717) is 34.3 Å². The second kappa shape index (κ2) is 6.97. The van der Waals surface area contributed by atoms with Gasteiger partial charge in [-0.05, 0) is 19.2 Å². The fourth-order valence-corrected chi connectivity index (χ4v) is 2.80. The summed E-state index contributed by atoms with van der Waals surface area (Å²) >= 11 is 3.02. The molecule has 0 N–H and O–H groups in total. The molecule has 0 saturated heterocycles. The molecule has 0 radical (unpaired) electrons. The topological polar surface area (TPSA) is 77.8 Å². The van der Waals surface area contributed by atoms with Crippen molar-refractivity contribution in [1.29, 1.82) is 0 Å². The molecule has 3 rings (SSSR count). The molecule has 3 aromatic rings. The van der Waals surface area contributed by atoms with Crippen LogP contribution >= 0.6 is 23.5 Å². The quantitative estimate of drug-likeness (QED) is 0.633. The molecule has 0 amide bonds. The number of hydrogen-bond acceptors (Lipinski definition) is 8. The summed E-state index contributed by atoms with van der Waals surface area (Å²) in [5.41, 5.74) is 2.10. The first-order valence-electron chi connectivity index (χ1n) is 6.58. The van der Waals surface area contributed by atoms with Crippen LogP contribution < -0.4 is 0 Å². The van der Waals surface area contributed by atoms with Crippen LogP contribution in [-0.4, -0.2) is 26.6 Å². The van der Waals surface area contributed by atoms with E-state index in [1.807, 2.05) is 37.4 Å². The lowest BCUT2D eigenvalue weighted by Gasteiger charge is -1.95. The molecule has 22 heavy (non-hydrogen) atoms. The van der Waals surface area contributed by atoms with Crippen LogP contribution in [0.4, 0.5) is 0 Å². The number of hydrogen-bond donors (Lipinski definition) is 0. The van der Waals surface area contributed by atoms with Gasteiger partial charge in [-0.15, -0.1) is 10.2 Å². The van der Waals surface area contributed by atoms with Crippen LogP contribution in [-0.2, 0) is 11.5 Å². The van der Waals surface area contributed by atoms with Crippen molar-refractivity contribution in [1.82, 2.24) is 20.3 Å². The Balaban J connectivity index is 1.64. The maximum absolute atomic E-state index is 5.48. The van der Waals surface area contributed by atoms with Crippen molar-refractivity contribution in [3.63, 3.8) is 0 Å². The summed E-state index contributed by atoms with van der Waals surface area (Å²) in [6.07, 6.45) is 1.99. The van der Waals surface area contributed by atoms with Crippen molar-refractivity contribution < 1.29 is 8.94 Å². The normalized spacial score (nSPS) is 11.0. The fraction of sp³-hybridized carbons (Fsp3) is 0.286. The van der Waals surface area contributed by atoms with Gasteiger partial charge in [-0.2, -0.15) is 16.7 Å². The van der Waals surface area contributed by atoms with E-state index in [1.54, 1.807) is 11.8 Å². The van der Waals surface area contributed by atoms with E-state index in [1.165, 1.54) is 11.8 Å². The van der Waals surface area contributed by atoms with Gasteiger partial charge in [-0.3, -0.25) is 0 Å². The molecule has 0 aliphatic rings. The largest absolute Gasteiger partial charge is 0.415 e. The van der Waals surface area contributed by atoms with Crippen LogP contribution in [0.2, 0.25) is 0 Å². The summed E-state index contributed by atoms with van der Waals surface area (Å²) in [6.45, 7) is 2.03. The molecule has 8 heteroatoms. The monoisotopic (exact) mass is 334 g/mol. The Hall–Kier alpha value is -1.80. The Labute approximate surface area is 136 Å². The highest BCUT2D eigenvalue weighted by molar-refractivity contribution is 7.98. The molecule has 0 spiro atoms. The van der Waals surface area contributed by atoms with E-state index in [4.69, 9.17) is 8.94 Å². The fourth-order valence-electron chi connectivity index (χ4n) is 1.82. The minimum Gasteiger partial charge on any atom is -0.415 e. The van der Waals surface area contributed by atoms with Gasteiger partial charge in [0.25, 0.3) is 5.22 Å². The maximum atomic E-state index is 5.48. The molecule has 0 aliphatic carbocycles. The number of rotatable bonds is 6. The minimum absolute atomic E-state index is 0.500. The summed E-state index contributed by atoms with van der Waals surface area (Å²) in [6, 6.07) is 7.99. The molecule has 6 nitrogen and oxygen atoms in total. The van der Waals surface area contributed by atoms with Gasteiger partial charge in [0.15, 0.2) is 0 Å². The zero-order valence-electron chi connectivity index (χ0n) is 12.1. The Morgan fingerprint density at radius 2 is 2.05 bits per heavy atom. The number of aromatic nitrogens is 4. The van der Waals surface area contributed by atoms with Gasteiger partial charge in [-0.1, -0.05) is 40.7 Å². The number of nitrogens with zero attached hydrogens (tertiary/aromatic N) is 4. The third-order valence-corrected chi connectivity index (χ3v) is 4.12. The van der Waals surface area contributed by atoms with Crippen molar-refractivity contribution in [2.24, 2.45) is 0 Å². The molecule has 0 aliphatic heterocycles. The first-order chi connectivity index (χ1) is 10.7. The van der Waals surface area contributed by atoms with E-state index >= 15 is 0 Å². The predicted octanol–water partition coefficient (Wildman–Crippen LogP) is 3.58. The summed E-state index contributed by atoms with van der Waals surface area (Å²) in [5, 5.41) is 12.4.